The zero-order valence-corrected chi connectivity index (χ0v) is 17.5. The molecule has 3 aromatic rings. The van der Waals surface area contributed by atoms with E-state index in [1.54, 1.807) is 42.5 Å². The van der Waals surface area contributed by atoms with Crippen LogP contribution in [0.5, 0.6) is 11.5 Å². The summed E-state index contributed by atoms with van der Waals surface area (Å²) >= 11 is 0. The molecular formula is C24H18N2O7. The van der Waals surface area contributed by atoms with Gasteiger partial charge in [-0.1, -0.05) is 42.5 Å². The van der Waals surface area contributed by atoms with Crippen molar-refractivity contribution in [3.05, 3.63) is 99.6 Å². The van der Waals surface area contributed by atoms with Crippen molar-refractivity contribution in [1.29, 1.82) is 0 Å². The third kappa shape index (κ3) is 4.16. The first kappa shape index (κ1) is 21.7. The van der Waals surface area contributed by atoms with Crippen LogP contribution in [0.1, 0.15) is 26.3 Å². The van der Waals surface area contributed by atoms with Crippen molar-refractivity contribution in [3.8, 4) is 11.5 Å². The number of methoxy groups -OCH3 is 1. The van der Waals surface area contributed by atoms with Gasteiger partial charge in [0.25, 0.3) is 11.8 Å². The van der Waals surface area contributed by atoms with Crippen LogP contribution in [0.15, 0.2) is 72.8 Å². The van der Waals surface area contributed by atoms with E-state index >= 15 is 0 Å². The zero-order valence-electron chi connectivity index (χ0n) is 17.5. The van der Waals surface area contributed by atoms with E-state index in [1.807, 2.05) is 0 Å². The summed E-state index contributed by atoms with van der Waals surface area (Å²) in [5, 5.41) is 11.5. The number of nitrogens with zero attached hydrogens (tertiary/aromatic N) is 2. The molecule has 33 heavy (non-hydrogen) atoms. The van der Waals surface area contributed by atoms with Crippen LogP contribution in [-0.4, -0.2) is 40.8 Å². The number of hydrogen-bond acceptors (Lipinski definition) is 7. The molecule has 0 saturated carbocycles. The summed E-state index contributed by atoms with van der Waals surface area (Å²) in [6, 6.07) is 17.5. The Balaban J connectivity index is 1.71. The van der Waals surface area contributed by atoms with Crippen LogP contribution in [0.2, 0.25) is 0 Å². The lowest BCUT2D eigenvalue weighted by molar-refractivity contribution is -0.385. The molecule has 0 fully saturated rings. The number of ether oxygens (including phenoxy) is 2. The molecule has 2 amide bonds. The van der Waals surface area contributed by atoms with Crippen molar-refractivity contribution in [2.24, 2.45) is 0 Å². The summed E-state index contributed by atoms with van der Waals surface area (Å²) in [4.78, 5) is 50.9. The Hall–Kier alpha value is -4.53. The number of amides is 2. The maximum atomic E-state index is 13.3. The van der Waals surface area contributed by atoms with Gasteiger partial charge < -0.3 is 9.47 Å². The van der Waals surface area contributed by atoms with Gasteiger partial charge in [-0.2, -0.15) is 0 Å². The van der Waals surface area contributed by atoms with E-state index in [0.29, 0.717) is 5.56 Å². The van der Waals surface area contributed by atoms with E-state index in [9.17, 15) is 24.5 Å². The Morgan fingerprint density at radius 3 is 2.15 bits per heavy atom. The Bertz CT molecular complexity index is 1220. The number of benzene rings is 3. The van der Waals surface area contributed by atoms with Crippen LogP contribution in [0.4, 0.5) is 5.69 Å². The lowest BCUT2D eigenvalue weighted by atomic mass is 10.0. The molecule has 9 heteroatoms. The molecule has 0 aliphatic carbocycles. The molecule has 0 aromatic heterocycles. The second-order valence-corrected chi connectivity index (χ2v) is 7.24. The van der Waals surface area contributed by atoms with Gasteiger partial charge in [0, 0.05) is 6.42 Å². The summed E-state index contributed by atoms with van der Waals surface area (Å²) in [7, 11) is 1.35. The van der Waals surface area contributed by atoms with Gasteiger partial charge in [0.05, 0.1) is 29.2 Å². The van der Waals surface area contributed by atoms with Crippen molar-refractivity contribution in [2.75, 3.05) is 7.11 Å². The van der Waals surface area contributed by atoms with Gasteiger partial charge in [-0.25, -0.2) is 4.79 Å². The lowest BCUT2D eigenvalue weighted by Gasteiger charge is -2.24. The van der Waals surface area contributed by atoms with Gasteiger partial charge in [0.15, 0.2) is 0 Å². The molecule has 0 bridgehead atoms. The highest BCUT2D eigenvalue weighted by molar-refractivity contribution is 6.22. The lowest BCUT2D eigenvalue weighted by Crippen LogP contribution is -2.48. The fraction of sp³-hybridized carbons (Fsp3) is 0.125. The molecule has 9 nitrogen and oxygen atoms in total. The zero-order chi connectivity index (χ0) is 23.5. The van der Waals surface area contributed by atoms with Crippen molar-refractivity contribution in [2.45, 2.75) is 12.5 Å². The average Bonchev–Trinajstić information content (AvgIpc) is 3.08. The Labute approximate surface area is 188 Å². The van der Waals surface area contributed by atoms with Crippen molar-refractivity contribution >= 4 is 23.5 Å². The van der Waals surface area contributed by atoms with Gasteiger partial charge in [-0.05, 0) is 29.8 Å². The first-order chi connectivity index (χ1) is 15.9. The molecule has 3 aromatic carbocycles. The minimum Gasteiger partial charge on any atom is -0.496 e. The van der Waals surface area contributed by atoms with Gasteiger partial charge >= 0.3 is 11.7 Å². The van der Waals surface area contributed by atoms with Crippen molar-refractivity contribution < 1.29 is 28.8 Å². The summed E-state index contributed by atoms with van der Waals surface area (Å²) in [5.41, 5.74) is 0.566. The van der Waals surface area contributed by atoms with E-state index in [2.05, 4.69) is 0 Å². The van der Waals surface area contributed by atoms with E-state index < -0.39 is 34.4 Å². The fourth-order valence-electron chi connectivity index (χ4n) is 3.64. The van der Waals surface area contributed by atoms with Gasteiger partial charge in [0.2, 0.25) is 5.75 Å². The number of carbonyl (C=O) groups is 3. The topological polar surface area (TPSA) is 116 Å². The van der Waals surface area contributed by atoms with Crippen LogP contribution in [0.25, 0.3) is 0 Å². The van der Waals surface area contributed by atoms with Crippen LogP contribution in [0, 0.1) is 10.1 Å². The number of rotatable bonds is 7. The van der Waals surface area contributed by atoms with Crippen LogP contribution < -0.4 is 9.47 Å². The maximum absolute atomic E-state index is 13.3. The molecule has 1 heterocycles. The van der Waals surface area contributed by atoms with Gasteiger partial charge in [-0.15, -0.1) is 0 Å². The first-order valence-corrected chi connectivity index (χ1v) is 9.95. The highest BCUT2D eigenvalue weighted by Gasteiger charge is 2.43. The molecule has 1 atom stereocenters. The van der Waals surface area contributed by atoms with E-state index in [0.717, 1.165) is 11.0 Å². The largest absolute Gasteiger partial charge is 0.496 e. The van der Waals surface area contributed by atoms with Gasteiger partial charge in [0.1, 0.15) is 11.8 Å². The second kappa shape index (κ2) is 8.91. The number of hydrogen-bond donors (Lipinski definition) is 0. The normalized spacial score (nSPS) is 13.4. The number of imide groups is 1. The predicted molar refractivity (Wildman–Crippen MR) is 116 cm³/mol. The number of carbonyl (C=O) groups excluding carboxylic acids is 3. The Morgan fingerprint density at radius 1 is 0.970 bits per heavy atom. The molecular weight excluding hydrogens is 428 g/mol. The third-order valence-electron chi connectivity index (χ3n) is 5.25. The molecule has 0 N–H and O–H groups in total. The number of nitro benzene ring substituents is 1. The smallest absolute Gasteiger partial charge is 0.335 e. The molecule has 166 valence electrons. The Kier molecular flexibility index (Phi) is 5.86. The molecule has 1 unspecified atom stereocenters. The van der Waals surface area contributed by atoms with E-state index in [-0.39, 0.29) is 29.0 Å². The maximum Gasteiger partial charge on any atom is 0.335 e. The van der Waals surface area contributed by atoms with Crippen molar-refractivity contribution in [1.82, 2.24) is 4.90 Å². The highest BCUT2D eigenvalue weighted by Crippen LogP contribution is 2.32. The SMILES string of the molecule is COc1ccc(OC(=O)C(Cc2ccccc2)N2C(=O)c3ccccc3C2=O)c([N+](=O)[O-])c1. The summed E-state index contributed by atoms with van der Waals surface area (Å²) in [5.74, 6) is -2.33. The molecule has 0 spiro atoms. The standard InChI is InChI=1S/C24H18N2O7/c1-32-16-11-12-21(19(14-16)26(30)31)33-24(29)20(13-15-7-3-2-4-8-15)25-22(27)17-9-5-6-10-18(17)23(25)28/h2-12,14,20H,13H2,1H3. The molecule has 4 rings (SSSR count). The number of fused-ring (bicyclic) bond motifs is 1. The van der Waals surface area contributed by atoms with Crippen LogP contribution in [0.3, 0.4) is 0 Å². The van der Waals surface area contributed by atoms with Crippen LogP contribution >= 0.6 is 0 Å². The minimum atomic E-state index is -1.33. The van der Waals surface area contributed by atoms with E-state index in [1.165, 1.54) is 31.4 Å². The van der Waals surface area contributed by atoms with Gasteiger partial charge in [-0.3, -0.25) is 24.6 Å². The highest BCUT2D eigenvalue weighted by atomic mass is 16.6. The average molecular weight is 446 g/mol. The fourth-order valence-corrected chi connectivity index (χ4v) is 3.64. The second-order valence-electron chi connectivity index (χ2n) is 7.24. The summed E-state index contributed by atoms with van der Waals surface area (Å²) in [6.45, 7) is 0. The molecule has 1 aliphatic rings. The quantitative estimate of drug-likeness (QED) is 0.179. The third-order valence-corrected chi connectivity index (χ3v) is 5.25. The summed E-state index contributed by atoms with van der Waals surface area (Å²) < 4.78 is 10.4. The minimum absolute atomic E-state index is 0.0188. The van der Waals surface area contributed by atoms with E-state index in [4.69, 9.17) is 9.47 Å². The first-order valence-electron chi connectivity index (χ1n) is 9.95. The number of esters is 1. The predicted octanol–water partition coefficient (Wildman–Crippen LogP) is 3.42. The van der Waals surface area contributed by atoms with Crippen molar-refractivity contribution in [3.63, 3.8) is 0 Å². The summed E-state index contributed by atoms with van der Waals surface area (Å²) in [6.07, 6.45) is -0.0188. The Morgan fingerprint density at radius 2 is 1.58 bits per heavy atom. The molecule has 0 saturated heterocycles. The van der Waals surface area contributed by atoms with Crippen LogP contribution in [-0.2, 0) is 11.2 Å². The molecule has 0 radical (unpaired) electrons. The molecule has 1 aliphatic heterocycles. The number of nitro groups is 1. The monoisotopic (exact) mass is 446 g/mol.